The molecule has 132 valence electrons. The number of esters is 1. The number of benzene rings is 2. The third-order valence-corrected chi connectivity index (χ3v) is 3.97. The highest BCUT2D eigenvalue weighted by Gasteiger charge is 2.13. The number of carbonyl (C=O) groups excluding carboxylic acids is 1. The molecular formula is C21H23FO3. The van der Waals surface area contributed by atoms with Gasteiger partial charge in [0.25, 0.3) is 0 Å². The largest absolute Gasteiger partial charge is 0.420 e. The number of hydrogen-bond acceptors (Lipinski definition) is 3. The normalized spacial score (nSPS) is 10.5. The molecule has 1 N–H and O–H groups in total. The summed E-state index contributed by atoms with van der Waals surface area (Å²) in [6.07, 6.45) is 4.63. The maximum Gasteiger partial charge on any atom is 0.341 e. The Balaban J connectivity index is 2.09. The van der Waals surface area contributed by atoms with Crippen LogP contribution in [0.4, 0.5) is 4.39 Å². The Morgan fingerprint density at radius 3 is 2.40 bits per heavy atom. The summed E-state index contributed by atoms with van der Waals surface area (Å²) < 4.78 is 19.1. The molecule has 0 aromatic heterocycles. The van der Waals surface area contributed by atoms with Crippen molar-refractivity contribution in [2.24, 2.45) is 0 Å². The molecule has 0 atom stereocenters. The van der Waals surface area contributed by atoms with Gasteiger partial charge in [-0.25, -0.2) is 9.18 Å². The lowest BCUT2D eigenvalue weighted by Gasteiger charge is -2.09. The fourth-order valence-electron chi connectivity index (χ4n) is 2.44. The lowest BCUT2D eigenvalue weighted by molar-refractivity contribution is -0.130. The number of aryl methyl sites for hydroxylation is 1. The molecule has 2 aromatic carbocycles. The number of hydrogen-bond donors (Lipinski definition) is 1. The van der Waals surface area contributed by atoms with E-state index in [0.717, 1.165) is 12.0 Å². The van der Waals surface area contributed by atoms with Gasteiger partial charge in [-0.1, -0.05) is 56.7 Å². The van der Waals surface area contributed by atoms with Crippen molar-refractivity contribution < 1.29 is 19.0 Å². The molecule has 0 bridgehead atoms. The summed E-state index contributed by atoms with van der Waals surface area (Å²) >= 11 is 0. The zero-order valence-electron chi connectivity index (χ0n) is 14.4. The van der Waals surface area contributed by atoms with Gasteiger partial charge < -0.3 is 9.84 Å². The van der Waals surface area contributed by atoms with Crippen LogP contribution in [-0.2, 0) is 11.2 Å². The summed E-state index contributed by atoms with van der Waals surface area (Å²) in [6.45, 7) is 5.01. The predicted octanol–water partition coefficient (Wildman–Crippen LogP) is 4.68. The number of ether oxygens (including phenoxy) is 1. The second-order valence-corrected chi connectivity index (χ2v) is 5.95. The minimum atomic E-state index is -0.842. The van der Waals surface area contributed by atoms with E-state index in [4.69, 9.17) is 9.84 Å². The predicted molar refractivity (Wildman–Crippen MR) is 96.9 cm³/mol. The number of aliphatic hydroxyl groups is 1. The van der Waals surface area contributed by atoms with Crippen molar-refractivity contribution in [2.75, 3.05) is 6.61 Å². The lowest BCUT2D eigenvalue weighted by Crippen LogP contribution is -2.13. The first-order valence-corrected chi connectivity index (χ1v) is 8.44. The summed E-state index contributed by atoms with van der Waals surface area (Å²) in [4.78, 5) is 11.5. The van der Waals surface area contributed by atoms with Crippen LogP contribution < -0.4 is 4.74 Å². The van der Waals surface area contributed by atoms with Crippen LogP contribution in [0.2, 0.25) is 0 Å². The van der Waals surface area contributed by atoms with Gasteiger partial charge in [0, 0.05) is 0 Å². The Morgan fingerprint density at radius 2 is 1.80 bits per heavy atom. The van der Waals surface area contributed by atoms with Crippen LogP contribution in [-0.4, -0.2) is 17.7 Å². The van der Waals surface area contributed by atoms with Gasteiger partial charge >= 0.3 is 5.97 Å². The molecule has 2 rings (SSSR count). The maximum absolute atomic E-state index is 14.2. The van der Waals surface area contributed by atoms with Crippen molar-refractivity contribution in [1.82, 2.24) is 0 Å². The molecule has 0 aliphatic heterocycles. The van der Waals surface area contributed by atoms with Gasteiger partial charge in [0.2, 0.25) is 0 Å². The molecule has 0 aliphatic rings. The molecule has 0 fully saturated rings. The summed E-state index contributed by atoms with van der Waals surface area (Å²) in [5.74, 6) is -1.66. The third-order valence-electron chi connectivity index (χ3n) is 3.97. The molecule has 3 nitrogen and oxygen atoms in total. The smallest absolute Gasteiger partial charge is 0.341 e. The summed E-state index contributed by atoms with van der Waals surface area (Å²) in [6, 6.07) is 12.5. The number of halogens is 1. The number of unbranched alkanes of at least 4 members (excludes halogenated alkanes) is 2. The van der Waals surface area contributed by atoms with Crippen LogP contribution >= 0.6 is 0 Å². The SMILES string of the molecule is C=C(CO)C(=O)Oc1ccc(-c2ccc(CCCCC)cc2)cc1F. The molecule has 0 heterocycles. The molecular weight excluding hydrogens is 319 g/mol. The monoisotopic (exact) mass is 342 g/mol. The van der Waals surface area contributed by atoms with Crippen LogP contribution in [0.5, 0.6) is 5.75 Å². The molecule has 0 amide bonds. The summed E-state index contributed by atoms with van der Waals surface area (Å²) in [5.41, 5.74) is 2.75. The third kappa shape index (κ3) is 5.26. The highest BCUT2D eigenvalue weighted by molar-refractivity contribution is 5.89. The van der Waals surface area contributed by atoms with Crippen LogP contribution in [0.25, 0.3) is 11.1 Å². The Morgan fingerprint density at radius 1 is 1.12 bits per heavy atom. The number of rotatable bonds is 8. The van der Waals surface area contributed by atoms with Crippen LogP contribution in [0.15, 0.2) is 54.6 Å². The Labute approximate surface area is 147 Å². The van der Waals surface area contributed by atoms with Crippen LogP contribution in [0, 0.1) is 5.82 Å². The minimum absolute atomic E-state index is 0.123. The number of aliphatic hydroxyl groups excluding tert-OH is 1. The second-order valence-electron chi connectivity index (χ2n) is 5.95. The van der Waals surface area contributed by atoms with Gasteiger partial charge in [0.1, 0.15) is 0 Å². The van der Waals surface area contributed by atoms with Gasteiger partial charge in [-0.2, -0.15) is 0 Å². The maximum atomic E-state index is 14.2. The fraction of sp³-hybridized carbons (Fsp3) is 0.286. The first kappa shape index (κ1) is 18.9. The first-order valence-electron chi connectivity index (χ1n) is 8.44. The zero-order valence-corrected chi connectivity index (χ0v) is 14.4. The van der Waals surface area contributed by atoms with Crippen molar-refractivity contribution in [1.29, 1.82) is 0 Å². The Bertz CT molecular complexity index is 735. The quantitative estimate of drug-likeness (QED) is 0.328. The molecule has 0 spiro atoms. The Hall–Kier alpha value is -2.46. The van der Waals surface area contributed by atoms with E-state index in [1.165, 1.54) is 37.0 Å². The van der Waals surface area contributed by atoms with Crippen LogP contribution in [0.3, 0.4) is 0 Å². The number of carbonyl (C=O) groups is 1. The van der Waals surface area contributed by atoms with Gasteiger partial charge in [-0.15, -0.1) is 0 Å². The van der Waals surface area contributed by atoms with Crippen molar-refractivity contribution in [2.45, 2.75) is 32.6 Å². The van der Waals surface area contributed by atoms with Crippen molar-refractivity contribution in [3.05, 3.63) is 66.0 Å². The minimum Gasteiger partial charge on any atom is -0.420 e. The standard InChI is InChI=1S/C21H23FO3/c1-3-4-5-6-16-7-9-17(10-8-16)18-11-12-20(19(22)13-18)25-21(24)15(2)14-23/h7-13,23H,2-6,14H2,1H3. The molecule has 0 saturated heterocycles. The second kappa shape index (κ2) is 9.14. The van der Waals surface area contributed by atoms with E-state index in [-0.39, 0.29) is 11.3 Å². The van der Waals surface area contributed by atoms with Crippen molar-refractivity contribution >= 4 is 5.97 Å². The van der Waals surface area contributed by atoms with E-state index in [0.29, 0.717) is 5.56 Å². The van der Waals surface area contributed by atoms with Gasteiger partial charge in [0.05, 0.1) is 12.2 Å². The molecule has 25 heavy (non-hydrogen) atoms. The average molecular weight is 342 g/mol. The lowest BCUT2D eigenvalue weighted by atomic mass is 10.0. The molecule has 0 radical (unpaired) electrons. The average Bonchev–Trinajstić information content (AvgIpc) is 2.63. The van der Waals surface area contributed by atoms with Gasteiger partial charge in [0.15, 0.2) is 11.6 Å². The summed E-state index contributed by atoms with van der Waals surface area (Å²) in [7, 11) is 0. The zero-order chi connectivity index (χ0) is 18.2. The molecule has 0 aliphatic carbocycles. The topological polar surface area (TPSA) is 46.5 Å². The van der Waals surface area contributed by atoms with Gasteiger partial charge in [-0.3, -0.25) is 0 Å². The molecule has 0 saturated carbocycles. The van der Waals surface area contributed by atoms with Crippen molar-refractivity contribution in [3.63, 3.8) is 0 Å². The van der Waals surface area contributed by atoms with E-state index >= 15 is 0 Å². The van der Waals surface area contributed by atoms with E-state index < -0.39 is 18.4 Å². The first-order chi connectivity index (χ1) is 12.0. The van der Waals surface area contributed by atoms with Gasteiger partial charge in [-0.05, 0) is 41.7 Å². The van der Waals surface area contributed by atoms with E-state index in [1.807, 2.05) is 12.1 Å². The van der Waals surface area contributed by atoms with Crippen LogP contribution in [0.1, 0.15) is 31.7 Å². The van der Waals surface area contributed by atoms with E-state index in [2.05, 4.69) is 25.6 Å². The molecule has 0 unspecified atom stereocenters. The Kier molecular flexibility index (Phi) is 6.90. The highest BCUT2D eigenvalue weighted by Crippen LogP contribution is 2.26. The fourth-order valence-corrected chi connectivity index (χ4v) is 2.44. The summed E-state index contributed by atoms with van der Waals surface area (Å²) in [5, 5.41) is 8.84. The highest BCUT2D eigenvalue weighted by atomic mass is 19.1. The van der Waals surface area contributed by atoms with Crippen molar-refractivity contribution in [3.8, 4) is 16.9 Å². The van der Waals surface area contributed by atoms with E-state index in [9.17, 15) is 9.18 Å². The molecule has 4 heteroatoms. The van der Waals surface area contributed by atoms with E-state index in [1.54, 1.807) is 6.07 Å². The molecule has 2 aromatic rings.